The third kappa shape index (κ3) is 2.83. The number of aromatic nitrogens is 2. The number of H-pyrrole nitrogens is 1. The van der Waals surface area contributed by atoms with E-state index in [0.717, 1.165) is 71.6 Å². The van der Waals surface area contributed by atoms with Crippen molar-refractivity contribution in [1.82, 2.24) is 9.55 Å². The van der Waals surface area contributed by atoms with Gasteiger partial charge >= 0.3 is 0 Å². The van der Waals surface area contributed by atoms with Gasteiger partial charge in [0.25, 0.3) is 0 Å². The number of benzene rings is 6. The molecule has 223 valence electrons. The van der Waals surface area contributed by atoms with E-state index in [-0.39, 0.29) is 5.41 Å². The third-order valence-corrected chi connectivity index (χ3v) is 11.2. The molecule has 1 aliphatic heterocycles. The second kappa shape index (κ2) is 8.31. The van der Waals surface area contributed by atoms with Gasteiger partial charge < -0.3 is 18.4 Å². The number of furan rings is 2. The summed E-state index contributed by atoms with van der Waals surface area (Å²) in [6, 6.07) is 41.4. The van der Waals surface area contributed by atoms with Crippen molar-refractivity contribution < 1.29 is 8.83 Å². The minimum Gasteiger partial charge on any atom is -0.454 e. The summed E-state index contributed by atoms with van der Waals surface area (Å²) in [6.45, 7) is 4.74. The van der Waals surface area contributed by atoms with Crippen LogP contribution in [0.15, 0.2) is 124 Å². The highest BCUT2D eigenvalue weighted by molar-refractivity contribution is 6.73. The Morgan fingerprint density at radius 1 is 0.646 bits per heavy atom. The summed E-state index contributed by atoms with van der Waals surface area (Å²) in [6.07, 6.45) is 0. The number of hydrogen-bond donors (Lipinski definition) is 1. The van der Waals surface area contributed by atoms with E-state index in [1.165, 1.54) is 44.3 Å². The van der Waals surface area contributed by atoms with Gasteiger partial charge in [-0.1, -0.05) is 116 Å². The molecule has 0 saturated heterocycles. The van der Waals surface area contributed by atoms with E-state index in [4.69, 9.17) is 8.83 Å². The summed E-state index contributed by atoms with van der Waals surface area (Å²) >= 11 is 0. The summed E-state index contributed by atoms with van der Waals surface area (Å²) in [5, 5.41) is 6.96. The Hall–Kier alpha value is -5.94. The van der Waals surface area contributed by atoms with Gasteiger partial charge in [0, 0.05) is 49.0 Å². The van der Waals surface area contributed by atoms with E-state index in [1.54, 1.807) is 0 Å². The molecule has 6 aromatic carbocycles. The maximum absolute atomic E-state index is 6.86. The molecule has 10 aromatic rings. The monoisotopic (exact) mass is 613 g/mol. The number of nitrogens with one attached hydrogen (secondary N) is 1. The summed E-state index contributed by atoms with van der Waals surface area (Å²) < 4.78 is 15.7. The third-order valence-electron chi connectivity index (χ3n) is 11.2. The molecule has 0 bridgehead atoms. The summed E-state index contributed by atoms with van der Waals surface area (Å²) in [7, 11) is 2.38. The predicted octanol–water partition coefficient (Wildman–Crippen LogP) is 9.85. The quantitative estimate of drug-likeness (QED) is 0.187. The van der Waals surface area contributed by atoms with E-state index in [2.05, 4.69) is 134 Å². The molecule has 4 nitrogen and oxygen atoms in total. The van der Waals surface area contributed by atoms with Gasteiger partial charge in [-0.2, -0.15) is 0 Å². The van der Waals surface area contributed by atoms with Crippen molar-refractivity contribution in [2.24, 2.45) is 0 Å². The van der Waals surface area contributed by atoms with E-state index in [1.807, 2.05) is 12.1 Å². The first-order valence-corrected chi connectivity index (χ1v) is 16.6. The van der Waals surface area contributed by atoms with Gasteiger partial charge in [-0.25, -0.2) is 0 Å². The average Bonchev–Trinajstić information content (AvgIpc) is 3.89. The molecule has 0 saturated carbocycles. The van der Waals surface area contributed by atoms with Crippen molar-refractivity contribution in [1.29, 1.82) is 0 Å². The molecule has 0 atom stereocenters. The number of para-hydroxylation sites is 4. The Morgan fingerprint density at radius 3 is 2.25 bits per heavy atom. The van der Waals surface area contributed by atoms with E-state index >= 15 is 0 Å². The van der Waals surface area contributed by atoms with Gasteiger partial charge in [0.15, 0.2) is 12.9 Å². The van der Waals surface area contributed by atoms with Crippen LogP contribution < -0.4 is 10.9 Å². The highest BCUT2D eigenvalue weighted by atomic mass is 16.3. The van der Waals surface area contributed by atoms with Crippen molar-refractivity contribution >= 4 is 84.0 Å². The highest BCUT2D eigenvalue weighted by Gasteiger charge is 2.43. The fraction of sp³-hybridized carbons (Fsp3) is 0.0698. The number of aromatic amines is 1. The van der Waals surface area contributed by atoms with Crippen LogP contribution in [0.5, 0.6) is 0 Å². The zero-order valence-corrected chi connectivity index (χ0v) is 26.3. The molecule has 5 heteroatoms. The van der Waals surface area contributed by atoms with Crippen LogP contribution in [0.4, 0.5) is 0 Å². The SMILES string of the molecule is CC1(C)c2ccccc2-c2c1c1cccc3c1n2-c1c(c(-c2cccc4c2[nH]c2oc5ccccc5c24)cc2c1oc1ccccc12)[B]3. The van der Waals surface area contributed by atoms with Gasteiger partial charge in [0.2, 0.25) is 5.71 Å². The lowest BCUT2D eigenvalue weighted by molar-refractivity contribution is 0.657. The second-order valence-electron chi connectivity index (χ2n) is 13.9. The molecule has 0 spiro atoms. The van der Waals surface area contributed by atoms with Crippen LogP contribution in [-0.4, -0.2) is 16.8 Å². The zero-order chi connectivity index (χ0) is 31.5. The zero-order valence-electron chi connectivity index (χ0n) is 26.3. The summed E-state index contributed by atoms with van der Waals surface area (Å²) in [4.78, 5) is 3.71. The molecule has 12 rings (SSSR count). The van der Waals surface area contributed by atoms with Crippen molar-refractivity contribution in [2.45, 2.75) is 19.3 Å². The first-order valence-electron chi connectivity index (χ1n) is 16.6. The lowest BCUT2D eigenvalue weighted by Crippen LogP contribution is -2.37. The van der Waals surface area contributed by atoms with Crippen LogP contribution in [0.3, 0.4) is 0 Å². The smallest absolute Gasteiger partial charge is 0.206 e. The molecular formula is C43H26BN2O2. The van der Waals surface area contributed by atoms with Crippen molar-refractivity contribution in [2.75, 3.05) is 0 Å². The Bertz CT molecular complexity index is 3070. The lowest BCUT2D eigenvalue weighted by Gasteiger charge is -2.25. The molecule has 5 heterocycles. The van der Waals surface area contributed by atoms with Crippen LogP contribution in [0, 0.1) is 0 Å². The minimum absolute atomic E-state index is 0.143. The number of nitrogens with zero attached hydrogens (tertiary/aromatic N) is 1. The first-order chi connectivity index (χ1) is 23.6. The summed E-state index contributed by atoms with van der Waals surface area (Å²) in [5.41, 5.74) is 16.8. The lowest BCUT2D eigenvalue weighted by atomic mass is 9.58. The molecule has 48 heavy (non-hydrogen) atoms. The van der Waals surface area contributed by atoms with Crippen molar-refractivity contribution in [3.63, 3.8) is 0 Å². The normalized spacial score (nSPS) is 14.4. The van der Waals surface area contributed by atoms with Gasteiger partial charge in [-0.05, 0) is 40.4 Å². The van der Waals surface area contributed by atoms with E-state index in [0.29, 0.717) is 0 Å². The Kier molecular flexibility index (Phi) is 4.36. The molecule has 0 amide bonds. The van der Waals surface area contributed by atoms with Gasteiger partial charge in [-0.15, -0.1) is 0 Å². The van der Waals surface area contributed by atoms with E-state index in [9.17, 15) is 0 Å². The number of fused-ring (bicyclic) bond motifs is 16. The van der Waals surface area contributed by atoms with Crippen LogP contribution >= 0.6 is 0 Å². The summed E-state index contributed by atoms with van der Waals surface area (Å²) in [5.74, 6) is 0. The Balaban J connectivity index is 1.27. The van der Waals surface area contributed by atoms with Crippen LogP contribution in [0.2, 0.25) is 0 Å². The topological polar surface area (TPSA) is 47.0 Å². The van der Waals surface area contributed by atoms with Gasteiger partial charge in [0.05, 0.1) is 22.3 Å². The van der Waals surface area contributed by atoms with Crippen molar-refractivity contribution in [3.05, 3.63) is 126 Å². The number of hydrogen-bond acceptors (Lipinski definition) is 2. The van der Waals surface area contributed by atoms with Crippen LogP contribution in [0.1, 0.15) is 25.0 Å². The first kappa shape index (κ1) is 25.2. The largest absolute Gasteiger partial charge is 0.454 e. The highest BCUT2D eigenvalue weighted by Crippen LogP contribution is 2.54. The molecule has 2 aliphatic rings. The molecular weight excluding hydrogens is 587 g/mol. The molecule has 4 aromatic heterocycles. The molecule has 1 aliphatic carbocycles. The Labute approximate surface area is 275 Å². The average molecular weight is 614 g/mol. The second-order valence-corrected chi connectivity index (χ2v) is 13.9. The minimum atomic E-state index is -0.143. The van der Waals surface area contributed by atoms with Crippen LogP contribution in [-0.2, 0) is 5.41 Å². The predicted molar refractivity (Wildman–Crippen MR) is 198 cm³/mol. The molecule has 1 N–H and O–H groups in total. The molecule has 0 unspecified atom stereocenters. The van der Waals surface area contributed by atoms with Gasteiger partial charge in [-0.3, -0.25) is 0 Å². The van der Waals surface area contributed by atoms with Gasteiger partial charge in [0.1, 0.15) is 11.2 Å². The fourth-order valence-electron chi connectivity index (χ4n) is 9.20. The fourth-order valence-corrected chi connectivity index (χ4v) is 9.20. The van der Waals surface area contributed by atoms with Crippen molar-refractivity contribution in [3.8, 4) is 28.1 Å². The number of rotatable bonds is 1. The van der Waals surface area contributed by atoms with Crippen LogP contribution in [0.25, 0.3) is 93.9 Å². The maximum Gasteiger partial charge on any atom is 0.206 e. The standard InChI is InChI=1S/C43H26BN2O2/c1-43(2)30-17-6-3-12-24(30)39-35(43)27-16-10-18-31-38(27)46(39)40-36(44-31)28(21-29-22-11-4-7-19-32(22)47-41(29)40)23-14-9-15-26-34-25-13-5-8-20-33(25)48-42(34)45-37(23)26/h3-21,45H,1-2H3. The maximum atomic E-state index is 6.86. The molecule has 1 radical (unpaired) electrons. The molecule has 0 fully saturated rings. The Morgan fingerprint density at radius 2 is 1.35 bits per heavy atom. The van der Waals surface area contributed by atoms with E-state index < -0.39 is 0 Å².